The molecule has 1 aliphatic carbocycles. The fraction of sp³-hybridized carbons (Fsp3) is 0.462. The van der Waals surface area contributed by atoms with Crippen LogP contribution >= 0.6 is 0 Å². The molecule has 0 bridgehead atoms. The number of benzene rings is 1. The highest BCUT2D eigenvalue weighted by Crippen LogP contribution is 2.40. The maximum absolute atomic E-state index is 13.6. The fourth-order valence-electron chi connectivity index (χ4n) is 4.76. The molecule has 0 spiro atoms. The van der Waals surface area contributed by atoms with Crippen molar-refractivity contribution in [2.45, 2.75) is 45.8 Å². The zero-order valence-corrected chi connectivity index (χ0v) is 20.8. The lowest BCUT2D eigenvalue weighted by atomic mass is 10.0. The topological polar surface area (TPSA) is 100 Å². The summed E-state index contributed by atoms with van der Waals surface area (Å²) in [5.74, 6) is 0.345. The average molecular weight is 516 g/mol. The first-order valence-electron chi connectivity index (χ1n) is 12.3. The summed E-state index contributed by atoms with van der Waals surface area (Å²) >= 11 is 0. The lowest BCUT2D eigenvalue weighted by Crippen LogP contribution is -2.40. The van der Waals surface area contributed by atoms with E-state index in [1.807, 2.05) is 6.92 Å². The summed E-state index contributed by atoms with van der Waals surface area (Å²) in [5.41, 5.74) is 1.04. The van der Waals surface area contributed by atoms with Crippen molar-refractivity contribution < 1.29 is 27.5 Å². The Kier molecular flexibility index (Phi) is 6.33. The smallest absolute Gasteiger partial charge is 0.416 e. The molecule has 3 heterocycles. The molecule has 3 aromatic rings. The number of halogens is 3. The highest BCUT2D eigenvalue weighted by atomic mass is 19.4. The second-order valence-electron chi connectivity index (χ2n) is 10.0. The Bertz CT molecular complexity index is 1370. The van der Waals surface area contributed by atoms with Crippen LogP contribution in [0.15, 0.2) is 24.5 Å². The van der Waals surface area contributed by atoms with Gasteiger partial charge in [0.25, 0.3) is 5.91 Å². The second kappa shape index (κ2) is 9.35. The fourth-order valence-corrected chi connectivity index (χ4v) is 4.76. The number of nitrogens with zero attached hydrogens (tertiary/aromatic N) is 3. The van der Waals surface area contributed by atoms with Gasteiger partial charge < -0.3 is 19.9 Å². The summed E-state index contributed by atoms with van der Waals surface area (Å²) in [6, 6.07) is 3.11. The third-order valence-electron chi connectivity index (χ3n) is 7.11. The van der Waals surface area contributed by atoms with Gasteiger partial charge in [-0.1, -0.05) is 6.92 Å². The van der Waals surface area contributed by atoms with Gasteiger partial charge in [0.2, 0.25) is 5.91 Å². The Labute approximate surface area is 211 Å². The van der Waals surface area contributed by atoms with Gasteiger partial charge in [-0.2, -0.15) is 13.2 Å². The summed E-state index contributed by atoms with van der Waals surface area (Å²) in [4.78, 5) is 38.5. The van der Waals surface area contributed by atoms with Crippen LogP contribution in [0.2, 0.25) is 0 Å². The number of H-pyrrole nitrogens is 1. The number of amides is 2. The highest BCUT2D eigenvalue weighted by molar-refractivity contribution is 6.09. The number of alkyl halides is 3. The number of nitrogens with one attached hydrogen (secondary N) is 2. The molecular formula is C26H28F3N5O3. The number of likely N-dealkylation sites (tertiary alicyclic amines) is 1. The molecule has 2 aromatic heterocycles. The van der Waals surface area contributed by atoms with Crippen molar-refractivity contribution >= 4 is 22.8 Å². The molecule has 2 aliphatic rings. The van der Waals surface area contributed by atoms with Gasteiger partial charge >= 0.3 is 6.18 Å². The van der Waals surface area contributed by atoms with Crippen LogP contribution < -0.4 is 10.1 Å². The van der Waals surface area contributed by atoms with Crippen LogP contribution in [0.25, 0.3) is 22.3 Å². The molecular weight excluding hydrogens is 487 g/mol. The van der Waals surface area contributed by atoms with Gasteiger partial charge in [0.1, 0.15) is 23.3 Å². The molecule has 1 aliphatic heterocycles. The minimum Gasteiger partial charge on any atom is -0.493 e. The van der Waals surface area contributed by atoms with Crippen LogP contribution in [0.3, 0.4) is 0 Å². The SMILES string of the molecule is CC(=O)N1C[C@@H](C)[C@H](NC(=O)c2c(C)[nH]c3c(-c4cc(C(F)(F)F)ccc4OCC4CC4)ncnc23)C1. The first-order chi connectivity index (χ1) is 17.5. The van der Waals surface area contributed by atoms with Gasteiger partial charge in [0.15, 0.2) is 0 Å². The normalized spacial score (nSPS) is 19.9. The minimum atomic E-state index is -4.54. The molecule has 2 fully saturated rings. The predicted octanol–water partition coefficient (Wildman–Crippen LogP) is 4.34. The van der Waals surface area contributed by atoms with Crippen molar-refractivity contribution in [3.05, 3.63) is 41.3 Å². The Hall–Kier alpha value is -3.63. The number of hydrogen-bond acceptors (Lipinski definition) is 5. The van der Waals surface area contributed by atoms with E-state index in [9.17, 15) is 22.8 Å². The Morgan fingerprint density at radius 2 is 1.97 bits per heavy atom. The second-order valence-corrected chi connectivity index (χ2v) is 10.0. The summed E-state index contributed by atoms with van der Waals surface area (Å²) < 4.78 is 46.6. The van der Waals surface area contributed by atoms with Crippen molar-refractivity contribution in [3.63, 3.8) is 0 Å². The summed E-state index contributed by atoms with van der Waals surface area (Å²) in [5, 5.41) is 3.00. The lowest BCUT2D eigenvalue weighted by Gasteiger charge is -2.16. The number of aryl methyl sites for hydroxylation is 1. The largest absolute Gasteiger partial charge is 0.493 e. The molecule has 2 amide bonds. The van der Waals surface area contributed by atoms with Gasteiger partial charge in [0.05, 0.1) is 29.3 Å². The quantitative estimate of drug-likeness (QED) is 0.509. The Morgan fingerprint density at radius 3 is 2.62 bits per heavy atom. The number of hydrogen-bond donors (Lipinski definition) is 2. The summed E-state index contributed by atoms with van der Waals surface area (Å²) in [7, 11) is 0. The molecule has 11 heteroatoms. The van der Waals surface area contributed by atoms with Gasteiger partial charge in [0, 0.05) is 31.3 Å². The molecule has 1 saturated heterocycles. The lowest BCUT2D eigenvalue weighted by molar-refractivity contribution is -0.137. The maximum atomic E-state index is 13.6. The highest BCUT2D eigenvalue weighted by Gasteiger charge is 2.34. The molecule has 0 unspecified atom stereocenters. The number of aromatic amines is 1. The predicted molar refractivity (Wildman–Crippen MR) is 130 cm³/mol. The van der Waals surface area contributed by atoms with Gasteiger partial charge in [-0.15, -0.1) is 0 Å². The number of carbonyl (C=O) groups excluding carboxylic acids is 2. The third-order valence-corrected chi connectivity index (χ3v) is 7.11. The van der Waals surface area contributed by atoms with E-state index in [1.165, 1.54) is 19.3 Å². The number of carbonyl (C=O) groups is 2. The number of rotatable bonds is 6. The first kappa shape index (κ1) is 25.0. The van der Waals surface area contributed by atoms with Crippen LogP contribution in [0.5, 0.6) is 5.75 Å². The van der Waals surface area contributed by atoms with Crippen LogP contribution in [0, 0.1) is 18.8 Å². The molecule has 1 saturated carbocycles. The van der Waals surface area contributed by atoms with E-state index in [0.29, 0.717) is 53.7 Å². The van der Waals surface area contributed by atoms with E-state index in [4.69, 9.17) is 4.74 Å². The minimum absolute atomic E-state index is 0.0509. The van der Waals surface area contributed by atoms with Gasteiger partial charge in [-0.25, -0.2) is 9.97 Å². The molecule has 8 nitrogen and oxygen atoms in total. The van der Waals surface area contributed by atoms with Crippen molar-refractivity contribution in [1.29, 1.82) is 0 Å². The standard InChI is InChI=1S/C26H28F3N5O3/c1-13-9-34(15(3)35)10-19(13)33-25(36)21-14(2)32-24-22(30-12-31-23(21)24)18-8-17(26(27,28)29)6-7-20(18)37-11-16-4-5-16/h6-8,12-13,16,19,32H,4-5,9-11H2,1-3H3,(H,33,36)/t13-,19-/m1/s1. The van der Waals surface area contributed by atoms with Crippen molar-refractivity contribution in [3.8, 4) is 17.0 Å². The number of ether oxygens (including phenoxy) is 1. The summed E-state index contributed by atoms with van der Waals surface area (Å²) in [6.45, 7) is 6.55. The van der Waals surface area contributed by atoms with E-state index in [1.54, 1.807) is 11.8 Å². The zero-order chi connectivity index (χ0) is 26.5. The zero-order valence-electron chi connectivity index (χ0n) is 20.8. The van der Waals surface area contributed by atoms with Crippen LogP contribution in [0.1, 0.15) is 48.3 Å². The van der Waals surface area contributed by atoms with Crippen molar-refractivity contribution in [2.24, 2.45) is 11.8 Å². The van der Waals surface area contributed by atoms with E-state index >= 15 is 0 Å². The van der Waals surface area contributed by atoms with Crippen molar-refractivity contribution in [2.75, 3.05) is 19.7 Å². The number of aromatic nitrogens is 3. The van der Waals surface area contributed by atoms with E-state index < -0.39 is 11.7 Å². The van der Waals surface area contributed by atoms with E-state index in [2.05, 4.69) is 20.3 Å². The van der Waals surface area contributed by atoms with Crippen LogP contribution in [-0.2, 0) is 11.0 Å². The molecule has 37 heavy (non-hydrogen) atoms. The first-order valence-corrected chi connectivity index (χ1v) is 12.3. The van der Waals surface area contributed by atoms with Gasteiger partial charge in [-0.05, 0) is 49.8 Å². The maximum Gasteiger partial charge on any atom is 0.416 e. The molecule has 2 atom stereocenters. The third kappa shape index (κ3) is 4.99. The number of fused-ring (bicyclic) bond motifs is 1. The molecule has 196 valence electrons. The molecule has 1 aromatic carbocycles. The van der Waals surface area contributed by atoms with Gasteiger partial charge in [-0.3, -0.25) is 9.59 Å². The van der Waals surface area contributed by atoms with E-state index in [0.717, 1.165) is 25.0 Å². The van der Waals surface area contributed by atoms with E-state index in [-0.39, 0.29) is 35.0 Å². The van der Waals surface area contributed by atoms with Crippen LogP contribution in [-0.4, -0.2) is 57.4 Å². The van der Waals surface area contributed by atoms with Crippen LogP contribution in [0.4, 0.5) is 13.2 Å². The summed E-state index contributed by atoms with van der Waals surface area (Å²) in [6.07, 6.45) is -1.24. The van der Waals surface area contributed by atoms with Crippen molar-refractivity contribution in [1.82, 2.24) is 25.2 Å². The Morgan fingerprint density at radius 1 is 1.22 bits per heavy atom. The molecule has 5 rings (SSSR count). The Balaban J connectivity index is 1.52. The molecule has 2 N–H and O–H groups in total. The monoisotopic (exact) mass is 515 g/mol. The average Bonchev–Trinajstić information content (AvgIpc) is 3.50. The molecule has 0 radical (unpaired) electrons.